The molecule has 2 aliphatic heterocycles. The van der Waals surface area contributed by atoms with E-state index in [1.807, 2.05) is 17.0 Å². The van der Waals surface area contributed by atoms with Gasteiger partial charge < -0.3 is 14.4 Å². The fraction of sp³-hybridized carbons (Fsp3) is 0.567. The molecule has 0 saturated carbocycles. The predicted molar refractivity (Wildman–Crippen MR) is 145 cm³/mol. The summed E-state index contributed by atoms with van der Waals surface area (Å²) in [7, 11) is 1.73. The standard InChI is InChI=1S/C30H43N3O3/c1-3-12-32-13-5-4-6-19-36-29-11-10-27(23-28(29)22-25-8-7-9-26(21-25)24-32)30(34)33-16-14-31(15-17-33)18-20-35-2/h7-11,21,23H,3-6,12-20,22,24H2,1-2H3. The Labute approximate surface area is 217 Å². The van der Waals surface area contributed by atoms with Gasteiger partial charge in [-0.3, -0.25) is 14.6 Å². The van der Waals surface area contributed by atoms with Gasteiger partial charge in [0.1, 0.15) is 5.75 Å². The highest BCUT2D eigenvalue weighted by Crippen LogP contribution is 2.26. The summed E-state index contributed by atoms with van der Waals surface area (Å²) in [5, 5.41) is 0. The minimum Gasteiger partial charge on any atom is -0.493 e. The molecule has 0 atom stereocenters. The summed E-state index contributed by atoms with van der Waals surface area (Å²) in [6.45, 7) is 11.2. The average Bonchev–Trinajstić information content (AvgIpc) is 2.90. The lowest BCUT2D eigenvalue weighted by Gasteiger charge is -2.34. The molecular formula is C30H43N3O3. The lowest BCUT2D eigenvalue weighted by molar-refractivity contribution is 0.0594. The van der Waals surface area contributed by atoms with Crippen molar-refractivity contribution < 1.29 is 14.3 Å². The van der Waals surface area contributed by atoms with Crippen LogP contribution in [0.15, 0.2) is 42.5 Å². The summed E-state index contributed by atoms with van der Waals surface area (Å²) < 4.78 is 11.5. The zero-order chi connectivity index (χ0) is 25.2. The quantitative estimate of drug-likeness (QED) is 0.595. The van der Waals surface area contributed by atoms with E-state index in [0.29, 0.717) is 0 Å². The first-order valence-corrected chi connectivity index (χ1v) is 13.7. The monoisotopic (exact) mass is 493 g/mol. The first-order chi connectivity index (χ1) is 17.7. The molecular weight excluding hydrogens is 450 g/mol. The van der Waals surface area contributed by atoms with E-state index < -0.39 is 0 Å². The fourth-order valence-corrected chi connectivity index (χ4v) is 5.27. The third-order valence-electron chi connectivity index (χ3n) is 7.29. The van der Waals surface area contributed by atoms with Crippen LogP contribution in [0.1, 0.15) is 59.7 Å². The normalized spacial score (nSPS) is 18.2. The Kier molecular flexibility index (Phi) is 10.2. The van der Waals surface area contributed by atoms with Gasteiger partial charge in [0.05, 0.1) is 13.2 Å². The Morgan fingerprint density at radius 2 is 1.75 bits per heavy atom. The van der Waals surface area contributed by atoms with E-state index >= 15 is 0 Å². The third kappa shape index (κ3) is 7.55. The van der Waals surface area contributed by atoms with Gasteiger partial charge >= 0.3 is 0 Å². The minimum absolute atomic E-state index is 0.118. The van der Waals surface area contributed by atoms with E-state index in [2.05, 4.69) is 47.1 Å². The number of carbonyl (C=O) groups excluding carboxylic acids is 1. The van der Waals surface area contributed by atoms with E-state index in [1.54, 1.807) is 7.11 Å². The second-order valence-electron chi connectivity index (χ2n) is 10.1. The van der Waals surface area contributed by atoms with Gasteiger partial charge in [0.25, 0.3) is 5.91 Å². The Bertz CT molecular complexity index is 972. The molecule has 0 spiro atoms. The van der Waals surface area contributed by atoms with Gasteiger partial charge in [-0.05, 0) is 73.7 Å². The van der Waals surface area contributed by atoms with Crippen LogP contribution in [0.25, 0.3) is 0 Å². The van der Waals surface area contributed by atoms with E-state index in [-0.39, 0.29) is 5.91 Å². The number of amides is 1. The summed E-state index contributed by atoms with van der Waals surface area (Å²) in [6.07, 6.45) is 5.36. The molecule has 6 nitrogen and oxygen atoms in total. The summed E-state index contributed by atoms with van der Waals surface area (Å²) in [6, 6.07) is 14.9. The first-order valence-electron chi connectivity index (χ1n) is 13.7. The van der Waals surface area contributed by atoms with Crippen molar-refractivity contribution in [2.75, 3.05) is 66.1 Å². The molecule has 0 radical (unpaired) electrons. The molecule has 196 valence electrons. The molecule has 1 fully saturated rings. The number of piperazine rings is 1. The average molecular weight is 494 g/mol. The summed E-state index contributed by atoms with van der Waals surface area (Å²) in [4.78, 5) is 20.3. The van der Waals surface area contributed by atoms with Gasteiger partial charge in [0, 0.05) is 58.4 Å². The van der Waals surface area contributed by atoms with Crippen LogP contribution in [-0.4, -0.2) is 86.7 Å². The Balaban J connectivity index is 1.51. The van der Waals surface area contributed by atoms with Crippen molar-refractivity contribution in [1.82, 2.24) is 14.7 Å². The van der Waals surface area contributed by atoms with Crippen molar-refractivity contribution in [2.24, 2.45) is 0 Å². The van der Waals surface area contributed by atoms with E-state index in [0.717, 1.165) is 95.3 Å². The van der Waals surface area contributed by atoms with E-state index in [1.165, 1.54) is 30.4 Å². The molecule has 0 aliphatic carbocycles. The van der Waals surface area contributed by atoms with E-state index in [4.69, 9.17) is 9.47 Å². The maximum atomic E-state index is 13.4. The zero-order valence-electron chi connectivity index (χ0n) is 22.2. The molecule has 4 rings (SSSR count). The Morgan fingerprint density at radius 1 is 0.917 bits per heavy atom. The zero-order valence-corrected chi connectivity index (χ0v) is 22.2. The van der Waals surface area contributed by atoms with Gasteiger partial charge in [-0.25, -0.2) is 0 Å². The fourth-order valence-electron chi connectivity index (χ4n) is 5.27. The highest BCUT2D eigenvalue weighted by Gasteiger charge is 2.23. The summed E-state index contributed by atoms with van der Waals surface area (Å²) >= 11 is 0. The lowest BCUT2D eigenvalue weighted by atomic mass is 9.99. The minimum atomic E-state index is 0.118. The van der Waals surface area contributed by atoms with Gasteiger partial charge in [-0.15, -0.1) is 0 Å². The number of rotatable bonds is 6. The molecule has 6 heteroatoms. The Morgan fingerprint density at radius 3 is 2.56 bits per heavy atom. The molecule has 1 amide bonds. The number of benzene rings is 2. The van der Waals surface area contributed by atoms with Crippen LogP contribution in [-0.2, 0) is 17.7 Å². The van der Waals surface area contributed by atoms with Crippen LogP contribution in [0.3, 0.4) is 0 Å². The van der Waals surface area contributed by atoms with Crippen LogP contribution in [0, 0.1) is 0 Å². The van der Waals surface area contributed by atoms with Crippen molar-refractivity contribution in [3.63, 3.8) is 0 Å². The molecule has 2 aromatic carbocycles. The summed E-state index contributed by atoms with van der Waals surface area (Å²) in [5.74, 6) is 1.03. The van der Waals surface area contributed by atoms with Crippen LogP contribution in [0.4, 0.5) is 0 Å². The van der Waals surface area contributed by atoms with E-state index in [9.17, 15) is 4.79 Å². The molecule has 0 aromatic heterocycles. The number of methoxy groups -OCH3 is 1. The maximum Gasteiger partial charge on any atom is 0.253 e. The van der Waals surface area contributed by atoms with Crippen molar-refractivity contribution in [3.8, 4) is 5.75 Å². The summed E-state index contributed by atoms with van der Waals surface area (Å²) in [5.41, 5.74) is 4.48. The molecule has 2 aliphatic rings. The SMILES string of the molecule is CCCN1CCCCCOc2ccc(C(=O)N3CCN(CCOC)CC3)cc2Cc2cccc(c2)C1. The number of hydrogen-bond donors (Lipinski definition) is 0. The highest BCUT2D eigenvalue weighted by atomic mass is 16.5. The van der Waals surface area contributed by atoms with Gasteiger partial charge in [0.15, 0.2) is 0 Å². The molecule has 36 heavy (non-hydrogen) atoms. The highest BCUT2D eigenvalue weighted by molar-refractivity contribution is 5.94. The molecule has 0 unspecified atom stereocenters. The van der Waals surface area contributed by atoms with Crippen molar-refractivity contribution in [2.45, 2.75) is 45.6 Å². The largest absolute Gasteiger partial charge is 0.493 e. The molecule has 0 N–H and O–H groups in total. The number of nitrogens with zero attached hydrogens (tertiary/aromatic N) is 3. The third-order valence-corrected chi connectivity index (χ3v) is 7.29. The van der Waals surface area contributed by atoms with Crippen molar-refractivity contribution >= 4 is 5.91 Å². The topological polar surface area (TPSA) is 45.2 Å². The number of hydrogen-bond acceptors (Lipinski definition) is 5. The second kappa shape index (κ2) is 13.8. The number of ether oxygens (including phenoxy) is 2. The van der Waals surface area contributed by atoms with Gasteiger partial charge in [-0.1, -0.05) is 31.2 Å². The second-order valence-corrected chi connectivity index (χ2v) is 10.1. The predicted octanol–water partition coefficient (Wildman–Crippen LogP) is 4.46. The van der Waals surface area contributed by atoms with Crippen LogP contribution < -0.4 is 4.74 Å². The van der Waals surface area contributed by atoms with Crippen molar-refractivity contribution in [3.05, 3.63) is 64.7 Å². The van der Waals surface area contributed by atoms with Gasteiger partial charge in [0.2, 0.25) is 0 Å². The number of carbonyl (C=O) groups is 1. The molecule has 1 saturated heterocycles. The smallest absolute Gasteiger partial charge is 0.253 e. The molecule has 2 aromatic rings. The van der Waals surface area contributed by atoms with Crippen molar-refractivity contribution in [1.29, 1.82) is 0 Å². The van der Waals surface area contributed by atoms with Crippen LogP contribution >= 0.6 is 0 Å². The number of fused-ring (bicyclic) bond motifs is 3. The Hall–Kier alpha value is -2.41. The molecule has 2 heterocycles. The maximum absolute atomic E-state index is 13.4. The molecule has 2 bridgehead atoms. The van der Waals surface area contributed by atoms with Gasteiger partial charge in [-0.2, -0.15) is 0 Å². The van der Waals surface area contributed by atoms with Crippen LogP contribution in [0.2, 0.25) is 0 Å². The first kappa shape index (κ1) is 26.6. The van der Waals surface area contributed by atoms with Crippen LogP contribution in [0.5, 0.6) is 5.75 Å². The lowest BCUT2D eigenvalue weighted by Crippen LogP contribution is -2.49.